The molecule has 0 unspecified atom stereocenters. The first kappa shape index (κ1) is 10.1. The van der Waals surface area contributed by atoms with Gasteiger partial charge in [-0.15, -0.1) is 0 Å². The van der Waals surface area contributed by atoms with Gasteiger partial charge in [0.25, 0.3) is 0 Å². The van der Waals surface area contributed by atoms with Gasteiger partial charge in [0, 0.05) is 5.56 Å². The molecule has 0 N–H and O–H groups in total. The molecule has 1 aromatic rings. The van der Waals surface area contributed by atoms with E-state index in [4.69, 9.17) is 5.26 Å². The van der Waals surface area contributed by atoms with E-state index in [0.29, 0.717) is 6.29 Å². The number of nitriles is 1. The quantitative estimate of drug-likeness (QED) is 0.528. The van der Waals surface area contributed by atoms with Crippen molar-refractivity contribution in [3.05, 3.63) is 34.6 Å². The summed E-state index contributed by atoms with van der Waals surface area (Å²) in [6.45, 7) is 1.19. The van der Waals surface area contributed by atoms with Gasteiger partial charge < -0.3 is 0 Å². The molecule has 0 aliphatic heterocycles. The Kier molecular flexibility index (Phi) is 2.73. The maximum Gasteiger partial charge on any atom is 0.162 e. The summed E-state index contributed by atoms with van der Waals surface area (Å²) in [5, 5.41) is 8.60. The number of halogens is 1. The summed E-state index contributed by atoms with van der Waals surface area (Å²) in [5.41, 5.74) is -0.214. The maximum absolute atomic E-state index is 13.1. The number of hydrogen-bond donors (Lipinski definition) is 0. The first-order valence-electron chi connectivity index (χ1n) is 3.80. The molecule has 0 spiro atoms. The molecule has 0 bridgehead atoms. The van der Waals surface area contributed by atoms with Crippen LogP contribution in [-0.2, 0) is 0 Å². The highest BCUT2D eigenvalue weighted by atomic mass is 19.1. The zero-order chi connectivity index (χ0) is 10.7. The molecule has 1 aromatic carbocycles. The third kappa shape index (κ3) is 1.67. The molecule has 1 rings (SSSR count). The van der Waals surface area contributed by atoms with Gasteiger partial charge in [0.05, 0.1) is 17.2 Å². The lowest BCUT2D eigenvalue weighted by molar-refractivity contribution is 0.101. The smallest absolute Gasteiger partial charge is 0.162 e. The minimum Gasteiger partial charge on any atom is -0.298 e. The molecule has 0 heterocycles. The fourth-order valence-corrected chi connectivity index (χ4v) is 1.05. The van der Waals surface area contributed by atoms with Crippen LogP contribution in [0.4, 0.5) is 4.39 Å². The lowest BCUT2D eigenvalue weighted by atomic mass is 10.0. The van der Waals surface area contributed by atoms with Gasteiger partial charge in [-0.25, -0.2) is 4.39 Å². The van der Waals surface area contributed by atoms with E-state index in [1.807, 2.05) is 0 Å². The molecule has 0 aliphatic rings. The number of aldehydes is 1. The zero-order valence-electron chi connectivity index (χ0n) is 7.37. The molecule has 70 valence electrons. The number of ketones is 1. The predicted octanol–water partition coefficient (Wildman–Crippen LogP) is 1.71. The van der Waals surface area contributed by atoms with Crippen molar-refractivity contribution >= 4 is 12.1 Å². The zero-order valence-corrected chi connectivity index (χ0v) is 7.37. The highest BCUT2D eigenvalue weighted by molar-refractivity contribution is 5.95. The van der Waals surface area contributed by atoms with Crippen LogP contribution in [0.2, 0.25) is 0 Å². The summed E-state index contributed by atoms with van der Waals surface area (Å²) in [6, 6.07) is 3.69. The molecule has 0 fully saturated rings. The normalized spacial score (nSPS) is 9.21. The summed E-state index contributed by atoms with van der Waals surface area (Å²) < 4.78 is 13.1. The van der Waals surface area contributed by atoms with Gasteiger partial charge in [-0.1, -0.05) is 0 Å². The summed E-state index contributed by atoms with van der Waals surface area (Å²) in [4.78, 5) is 21.3. The highest BCUT2D eigenvalue weighted by Gasteiger charge is 2.12. The Labute approximate surface area is 79.8 Å². The Balaban J connectivity index is 3.47. The van der Waals surface area contributed by atoms with Crippen LogP contribution in [0.3, 0.4) is 0 Å². The van der Waals surface area contributed by atoms with Gasteiger partial charge in [0.15, 0.2) is 12.1 Å². The molecular formula is C10H6FNO2. The Bertz CT molecular complexity index is 446. The van der Waals surface area contributed by atoms with Crippen LogP contribution in [0, 0.1) is 17.1 Å². The molecule has 0 aliphatic carbocycles. The number of Topliss-reactive ketones (excluding diaryl/α,β-unsaturated/α-hetero) is 1. The van der Waals surface area contributed by atoms with Crippen molar-refractivity contribution in [1.29, 1.82) is 5.26 Å². The monoisotopic (exact) mass is 191 g/mol. The first-order valence-corrected chi connectivity index (χ1v) is 3.80. The van der Waals surface area contributed by atoms with Gasteiger partial charge in [-0.3, -0.25) is 9.59 Å². The first-order chi connectivity index (χ1) is 6.60. The number of benzene rings is 1. The standard InChI is InChI=1S/C10H6FNO2/c1-6(14)9-2-7(4-12)8(5-13)3-10(9)11/h2-3,5H,1H3. The average Bonchev–Trinajstić information content (AvgIpc) is 2.16. The van der Waals surface area contributed by atoms with Crippen LogP contribution in [0.5, 0.6) is 0 Å². The number of nitrogens with zero attached hydrogens (tertiary/aromatic N) is 1. The largest absolute Gasteiger partial charge is 0.298 e. The molecule has 3 nitrogen and oxygen atoms in total. The van der Waals surface area contributed by atoms with Crippen molar-refractivity contribution < 1.29 is 14.0 Å². The molecule has 0 aromatic heterocycles. The fraction of sp³-hybridized carbons (Fsp3) is 0.100. The van der Waals surface area contributed by atoms with Crippen molar-refractivity contribution in [2.75, 3.05) is 0 Å². The van der Waals surface area contributed by atoms with E-state index in [-0.39, 0.29) is 16.7 Å². The summed E-state index contributed by atoms with van der Waals surface area (Å²) in [6.07, 6.45) is 0.381. The van der Waals surface area contributed by atoms with Crippen molar-refractivity contribution in [3.63, 3.8) is 0 Å². The molecule has 0 amide bonds. The second-order valence-electron chi connectivity index (χ2n) is 2.71. The lowest BCUT2D eigenvalue weighted by Gasteiger charge is -2.01. The van der Waals surface area contributed by atoms with E-state index in [9.17, 15) is 14.0 Å². The molecule has 14 heavy (non-hydrogen) atoms. The predicted molar refractivity (Wildman–Crippen MR) is 46.5 cm³/mol. The Hall–Kier alpha value is -2.02. The van der Waals surface area contributed by atoms with Gasteiger partial charge in [-0.2, -0.15) is 5.26 Å². The summed E-state index contributed by atoms with van der Waals surface area (Å²) in [7, 11) is 0. The van der Waals surface area contributed by atoms with Gasteiger partial charge in [0.2, 0.25) is 0 Å². The van der Waals surface area contributed by atoms with Gasteiger partial charge >= 0.3 is 0 Å². The van der Waals surface area contributed by atoms with Crippen LogP contribution >= 0.6 is 0 Å². The maximum atomic E-state index is 13.1. The van der Waals surface area contributed by atoms with Crippen LogP contribution < -0.4 is 0 Å². The number of rotatable bonds is 2. The minimum absolute atomic E-state index is 0.00611. The van der Waals surface area contributed by atoms with E-state index in [2.05, 4.69) is 0 Å². The van der Waals surface area contributed by atoms with Crippen LogP contribution in [0.1, 0.15) is 33.2 Å². The molecule has 0 saturated carbocycles. The van der Waals surface area contributed by atoms with E-state index in [0.717, 1.165) is 12.1 Å². The van der Waals surface area contributed by atoms with Gasteiger partial charge in [0.1, 0.15) is 5.82 Å². The van der Waals surface area contributed by atoms with Gasteiger partial charge in [-0.05, 0) is 19.1 Å². The van der Waals surface area contributed by atoms with Crippen molar-refractivity contribution in [2.24, 2.45) is 0 Å². The minimum atomic E-state index is -0.779. The van der Waals surface area contributed by atoms with E-state index >= 15 is 0 Å². The summed E-state index contributed by atoms with van der Waals surface area (Å²) in [5.74, 6) is -1.25. The number of carbonyl (C=O) groups excluding carboxylic acids is 2. The van der Waals surface area contributed by atoms with Crippen molar-refractivity contribution in [3.8, 4) is 6.07 Å². The second kappa shape index (κ2) is 3.79. The lowest BCUT2D eigenvalue weighted by Crippen LogP contribution is -2.00. The van der Waals surface area contributed by atoms with E-state index in [1.54, 1.807) is 6.07 Å². The highest BCUT2D eigenvalue weighted by Crippen LogP contribution is 2.14. The number of hydrogen-bond acceptors (Lipinski definition) is 3. The van der Waals surface area contributed by atoms with Crippen LogP contribution in [0.25, 0.3) is 0 Å². The second-order valence-corrected chi connectivity index (χ2v) is 2.71. The SMILES string of the molecule is CC(=O)c1cc(C#N)c(C=O)cc1F. The van der Waals surface area contributed by atoms with E-state index < -0.39 is 11.6 Å². The Morgan fingerprint density at radius 2 is 2.21 bits per heavy atom. The van der Waals surface area contributed by atoms with Crippen molar-refractivity contribution in [1.82, 2.24) is 0 Å². The molecule has 0 atom stereocenters. The number of carbonyl (C=O) groups is 2. The molecule has 0 saturated heterocycles. The molecule has 0 radical (unpaired) electrons. The average molecular weight is 191 g/mol. The van der Waals surface area contributed by atoms with E-state index in [1.165, 1.54) is 6.92 Å². The molecular weight excluding hydrogens is 185 g/mol. The summed E-state index contributed by atoms with van der Waals surface area (Å²) >= 11 is 0. The van der Waals surface area contributed by atoms with Crippen LogP contribution in [0.15, 0.2) is 12.1 Å². The Morgan fingerprint density at radius 3 is 2.64 bits per heavy atom. The van der Waals surface area contributed by atoms with Crippen LogP contribution in [-0.4, -0.2) is 12.1 Å². The third-order valence-corrected chi connectivity index (χ3v) is 1.77. The third-order valence-electron chi connectivity index (χ3n) is 1.77. The molecule has 4 heteroatoms. The fourth-order valence-electron chi connectivity index (χ4n) is 1.05. The van der Waals surface area contributed by atoms with Crippen molar-refractivity contribution in [2.45, 2.75) is 6.92 Å². The topological polar surface area (TPSA) is 57.9 Å². The Morgan fingerprint density at radius 1 is 1.57 bits per heavy atom.